The zero-order valence-electron chi connectivity index (χ0n) is 15.0. The molecule has 0 amide bonds. The third-order valence-electron chi connectivity index (χ3n) is 3.60. The molecule has 0 unspecified atom stereocenters. The minimum atomic E-state index is -0.592. The lowest BCUT2D eigenvalue weighted by molar-refractivity contribution is -0.129. The fraction of sp³-hybridized carbons (Fsp3) is 0.200. The fourth-order valence-corrected chi connectivity index (χ4v) is 3.24. The normalized spacial score (nSPS) is 15.1. The van der Waals surface area contributed by atoms with E-state index in [1.165, 1.54) is 18.2 Å². The lowest BCUT2D eigenvalue weighted by Gasteiger charge is -2.15. The van der Waals surface area contributed by atoms with Crippen LogP contribution in [0.3, 0.4) is 0 Å². The summed E-state index contributed by atoms with van der Waals surface area (Å²) < 4.78 is 30.6. The van der Waals surface area contributed by atoms with Gasteiger partial charge in [-0.25, -0.2) is 14.2 Å². The molecule has 1 aliphatic heterocycles. The van der Waals surface area contributed by atoms with Crippen LogP contribution in [0.1, 0.15) is 25.0 Å². The summed E-state index contributed by atoms with van der Waals surface area (Å²) in [6.07, 6.45) is 1.60. The van der Waals surface area contributed by atoms with Crippen molar-refractivity contribution in [2.45, 2.75) is 20.0 Å². The van der Waals surface area contributed by atoms with Gasteiger partial charge in [-0.2, -0.15) is 0 Å². The first-order valence-electron chi connectivity index (χ1n) is 8.20. The average molecular weight is 481 g/mol. The van der Waals surface area contributed by atoms with Crippen molar-refractivity contribution in [2.24, 2.45) is 4.99 Å². The van der Waals surface area contributed by atoms with E-state index in [-0.39, 0.29) is 17.7 Å². The van der Waals surface area contributed by atoms with E-state index in [2.05, 4.69) is 27.6 Å². The SMILES string of the molecule is COc1cc(/C=C2\N=C(c3cccc(F)c3)OC2=O)cc(I)c1OC(C)C. The third kappa shape index (κ3) is 4.47. The third-order valence-corrected chi connectivity index (χ3v) is 4.40. The van der Waals surface area contributed by atoms with Gasteiger partial charge >= 0.3 is 5.97 Å². The molecule has 140 valence electrons. The molecule has 0 saturated heterocycles. The molecule has 0 saturated carbocycles. The van der Waals surface area contributed by atoms with Gasteiger partial charge in [-0.1, -0.05) is 6.07 Å². The number of aliphatic imine (C=N–C) groups is 1. The van der Waals surface area contributed by atoms with Crippen LogP contribution in [0, 0.1) is 9.39 Å². The van der Waals surface area contributed by atoms with Crippen LogP contribution >= 0.6 is 22.6 Å². The van der Waals surface area contributed by atoms with E-state index < -0.39 is 11.8 Å². The highest BCUT2D eigenvalue weighted by Gasteiger charge is 2.24. The zero-order chi connectivity index (χ0) is 19.6. The first-order valence-corrected chi connectivity index (χ1v) is 9.28. The van der Waals surface area contributed by atoms with E-state index in [0.29, 0.717) is 22.6 Å². The van der Waals surface area contributed by atoms with Crippen molar-refractivity contribution in [2.75, 3.05) is 7.11 Å². The van der Waals surface area contributed by atoms with Gasteiger partial charge in [-0.15, -0.1) is 0 Å². The maximum atomic E-state index is 13.4. The van der Waals surface area contributed by atoms with Crippen molar-refractivity contribution >= 4 is 40.5 Å². The quantitative estimate of drug-likeness (QED) is 0.357. The molecule has 1 aliphatic rings. The highest BCUT2D eigenvalue weighted by Crippen LogP contribution is 2.35. The summed E-state index contributed by atoms with van der Waals surface area (Å²) in [5.74, 6) is 0.262. The van der Waals surface area contributed by atoms with E-state index in [4.69, 9.17) is 14.2 Å². The van der Waals surface area contributed by atoms with E-state index in [1.807, 2.05) is 19.9 Å². The molecule has 0 N–H and O–H groups in total. The summed E-state index contributed by atoms with van der Waals surface area (Å²) in [5.41, 5.74) is 1.24. The second-order valence-corrected chi connectivity index (χ2v) is 7.21. The first-order chi connectivity index (χ1) is 12.9. The molecule has 1 heterocycles. The zero-order valence-corrected chi connectivity index (χ0v) is 17.1. The van der Waals surface area contributed by atoms with Gasteiger partial charge in [0.25, 0.3) is 0 Å². The number of nitrogens with zero attached hydrogens (tertiary/aromatic N) is 1. The average Bonchev–Trinajstić information content (AvgIpc) is 2.97. The molecule has 7 heteroatoms. The van der Waals surface area contributed by atoms with Gasteiger partial charge in [-0.05, 0) is 78.4 Å². The predicted molar refractivity (Wildman–Crippen MR) is 108 cm³/mol. The molecule has 2 aromatic rings. The van der Waals surface area contributed by atoms with Gasteiger partial charge in [0.1, 0.15) is 5.82 Å². The van der Waals surface area contributed by atoms with E-state index in [0.717, 1.165) is 3.57 Å². The standard InChI is InChI=1S/C20H17FINO4/c1-11(2)26-18-15(22)7-12(9-17(18)25-3)8-16-20(24)27-19(23-16)13-5-4-6-14(21)10-13/h4-11H,1-3H3/b16-8-. The van der Waals surface area contributed by atoms with E-state index in [1.54, 1.807) is 25.3 Å². The van der Waals surface area contributed by atoms with Crippen LogP contribution in [0.2, 0.25) is 0 Å². The van der Waals surface area contributed by atoms with Crippen LogP contribution in [-0.2, 0) is 9.53 Å². The molecular weight excluding hydrogens is 464 g/mol. The van der Waals surface area contributed by atoms with Crippen molar-refractivity contribution in [1.29, 1.82) is 0 Å². The van der Waals surface area contributed by atoms with Crippen LogP contribution in [0.5, 0.6) is 11.5 Å². The monoisotopic (exact) mass is 481 g/mol. The summed E-state index contributed by atoms with van der Waals surface area (Å²) in [7, 11) is 1.56. The second kappa shape index (κ2) is 8.08. The Morgan fingerprint density at radius 1 is 1.26 bits per heavy atom. The number of carbonyl (C=O) groups excluding carboxylic acids is 1. The summed E-state index contributed by atoms with van der Waals surface area (Å²) in [6, 6.07) is 9.35. The van der Waals surface area contributed by atoms with Crippen molar-refractivity contribution in [1.82, 2.24) is 0 Å². The summed E-state index contributed by atoms with van der Waals surface area (Å²) >= 11 is 2.15. The minimum Gasteiger partial charge on any atom is -0.493 e. The van der Waals surface area contributed by atoms with Crippen LogP contribution < -0.4 is 9.47 Å². The molecule has 0 atom stereocenters. The Kier molecular flexibility index (Phi) is 5.79. The summed E-state index contributed by atoms with van der Waals surface area (Å²) in [6.45, 7) is 3.87. The summed E-state index contributed by atoms with van der Waals surface area (Å²) in [4.78, 5) is 16.3. The molecule has 5 nitrogen and oxygen atoms in total. The van der Waals surface area contributed by atoms with E-state index in [9.17, 15) is 9.18 Å². The predicted octanol–water partition coefficient (Wildman–Crippen LogP) is 4.57. The Balaban J connectivity index is 1.96. The second-order valence-electron chi connectivity index (χ2n) is 6.05. The molecule has 0 aromatic heterocycles. The highest BCUT2D eigenvalue weighted by atomic mass is 127. The number of cyclic esters (lactones) is 1. The molecule has 2 aromatic carbocycles. The molecule has 0 radical (unpaired) electrons. The van der Waals surface area contributed by atoms with Crippen molar-refractivity contribution in [3.05, 3.63) is 62.6 Å². The van der Waals surface area contributed by atoms with Crippen LogP contribution in [0.25, 0.3) is 6.08 Å². The number of hydrogen-bond acceptors (Lipinski definition) is 5. The fourth-order valence-electron chi connectivity index (χ4n) is 2.49. The highest BCUT2D eigenvalue weighted by molar-refractivity contribution is 14.1. The Morgan fingerprint density at radius 2 is 2.04 bits per heavy atom. The number of benzene rings is 2. The van der Waals surface area contributed by atoms with E-state index >= 15 is 0 Å². The van der Waals surface area contributed by atoms with Gasteiger partial charge in [0.05, 0.1) is 16.8 Å². The van der Waals surface area contributed by atoms with Crippen LogP contribution in [-0.4, -0.2) is 25.1 Å². The van der Waals surface area contributed by atoms with Crippen LogP contribution in [0.4, 0.5) is 4.39 Å². The largest absolute Gasteiger partial charge is 0.493 e. The molecule has 0 spiro atoms. The maximum Gasteiger partial charge on any atom is 0.363 e. The smallest absolute Gasteiger partial charge is 0.363 e. The molecular formula is C20H17FINO4. The molecule has 27 heavy (non-hydrogen) atoms. The van der Waals surface area contributed by atoms with Crippen molar-refractivity contribution < 1.29 is 23.4 Å². The molecule has 0 bridgehead atoms. The van der Waals surface area contributed by atoms with Gasteiger partial charge in [-0.3, -0.25) is 0 Å². The topological polar surface area (TPSA) is 57.1 Å². The first kappa shape index (κ1) is 19.3. The Labute approximate surface area is 170 Å². The number of hydrogen-bond donors (Lipinski definition) is 0. The van der Waals surface area contributed by atoms with Crippen molar-refractivity contribution in [3.63, 3.8) is 0 Å². The lowest BCUT2D eigenvalue weighted by Crippen LogP contribution is -2.08. The lowest BCUT2D eigenvalue weighted by atomic mass is 10.1. The Bertz CT molecular complexity index is 953. The summed E-state index contributed by atoms with van der Waals surface area (Å²) in [5, 5.41) is 0. The van der Waals surface area contributed by atoms with Crippen molar-refractivity contribution in [3.8, 4) is 11.5 Å². The molecule has 3 rings (SSSR count). The maximum absolute atomic E-state index is 13.4. The Morgan fingerprint density at radius 3 is 2.70 bits per heavy atom. The number of rotatable bonds is 5. The minimum absolute atomic E-state index is 0.000133. The van der Waals surface area contributed by atoms with Gasteiger partial charge in [0.15, 0.2) is 17.2 Å². The number of esters is 1. The Hall–Kier alpha value is -2.42. The van der Waals surface area contributed by atoms with Gasteiger partial charge < -0.3 is 14.2 Å². The molecule has 0 fully saturated rings. The van der Waals surface area contributed by atoms with Gasteiger partial charge in [0, 0.05) is 5.56 Å². The number of carbonyl (C=O) groups is 1. The number of methoxy groups -OCH3 is 1. The number of ether oxygens (including phenoxy) is 3. The molecule has 0 aliphatic carbocycles. The number of halogens is 2. The van der Waals surface area contributed by atoms with Gasteiger partial charge in [0.2, 0.25) is 5.90 Å². The van der Waals surface area contributed by atoms with Crippen LogP contribution in [0.15, 0.2) is 47.1 Å².